The number of rotatable bonds is 6. The fourth-order valence-electron chi connectivity index (χ4n) is 1.30. The van der Waals surface area contributed by atoms with Gasteiger partial charge in [0.15, 0.2) is 0 Å². The first-order valence-electron chi connectivity index (χ1n) is 5.49. The molecular formula is C11H13NO7S. The van der Waals surface area contributed by atoms with Crippen LogP contribution in [0.25, 0.3) is 0 Å². The number of carbonyl (C=O) groups excluding carboxylic acids is 1. The number of ether oxygens (including phenoxy) is 1. The first-order valence-corrected chi connectivity index (χ1v) is 6.98. The average molecular weight is 303 g/mol. The van der Waals surface area contributed by atoms with Crippen molar-refractivity contribution in [1.82, 2.24) is 4.72 Å². The summed E-state index contributed by atoms with van der Waals surface area (Å²) in [5.41, 5.74) is -0.552. The minimum atomic E-state index is -4.07. The Labute approximate surface area is 115 Å². The standard InChI is InChI=1S/C11H13NO7S/c1-2-19-10(14)6-12-20(17,18)7-3-4-9(13)8(5-7)11(15)16/h3-5,12-13H,2,6H2,1H3,(H,15,16). The second kappa shape index (κ2) is 6.35. The molecule has 0 saturated carbocycles. The Kier molecular flexibility index (Phi) is 5.06. The number of esters is 1. The van der Waals surface area contributed by atoms with Gasteiger partial charge < -0.3 is 14.9 Å². The third-order valence-electron chi connectivity index (χ3n) is 2.22. The summed E-state index contributed by atoms with van der Waals surface area (Å²) >= 11 is 0. The summed E-state index contributed by atoms with van der Waals surface area (Å²) in [5.74, 6) is -2.78. The van der Waals surface area contributed by atoms with E-state index in [9.17, 15) is 23.1 Å². The Hall–Kier alpha value is -2.13. The maximum atomic E-state index is 11.8. The minimum absolute atomic E-state index is 0.114. The molecule has 0 unspecified atom stereocenters. The molecule has 20 heavy (non-hydrogen) atoms. The molecule has 0 saturated heterocycles. The van der Waals surface area contributed by atoms with Crippen molar-refractivity contribution >= 4 is 22.0 Å². The van der Waals surface area contributed by atoms with Crippen LogP contribution in [0.5, 0.6) is 5.75 Å². The quantitative estimate of drug-likeness (QED) is 0.627. The maximum absolute atomic E-state index is 11.8. The molecule has 0 amide bonds. The third kappa shape index (κ3) is 3.93. The Morgan fingerprint density at radius 1 is 1.35 bits per heavy atom. The number of benzene rings is 1. The van der Waals surface area contributed by atoms with Crippen molar-refractivity contribution in [2.45, 2.75) is 11.8 Å². The Morgan fingerprint density at radius 2 is 2.00 bits per heavy atom. The van der Waals surface area contributed by atoms with Crippen molar-refractivity contribution in [2.75, 3.05) is 13.2 Å². The van der Waals surface area contributed by atoms with Gasteiger partial charge in [-0.3, -0.25) is 4.79 Å². The van der Waals surface area contributed by atoms with Gasteiger partial charge in [0.05, 0.1) is 11.5 Å². The lowest BCUT2D eigenvalue weighted by Crippen LogP contribution is -2.30. The number of aromatic hydroxyl groups is 1. The number of hydrogen-bond acceptors (Lipinski definition) is 6. The van der Waals surface area contributed by atoms with Crippen molar-refractivity contribution in [3.8, 4) is 5.75 Å². The highest BCUT2D eigenvalue weighted by Gasteiger charge is 2.19. The van der Waals surface area contributed by atoms with Crippen LogP contribution in [-0.4, -0.2) is 43.7 Å². The zero-order valence-corrected chi connectivity index (χ0v) is 11.3. The molecule has 0 bridgehead atoms. The van der Waals surface area contributed by atoms with E-state index in [1.807, 2.05) is 4.72 Å². The van der Waals surface area contributed by atoms with Crippen LogP contribution in [0.3, 0.4) is 0 Å². The Morgan fingerprint density at radius 3 is 2.55 bits per heavy atom. The fourth-order valence-corrected chi connectivity index (χ4v) is 2.30. The monoisotopic (exact) mass is 303 g/mol. The summed E-state index contributed by atoms with van der Waals surface area (Å²) < 4.78 is 30.2. The second-order valence-corrected chi connectivity index (χ2v) is 5.38. The molecule has 1 aromatic rings. The zero-order chi connectivity index (χ0) is 15.3. The van der Waals surface area contributed by atoms with Gasteiger partial charge in [-0.1, -0.05) is 0 Å². The normalized spacial score (nSPS) is 11.1. The summed E-state index contributed by atoms with van der Waals surface area (Å²) in [6.45, 7) is 1.12. The lowest BCUT2D eigenvalue weighted by molar-refractivity contribution is -0.141. The van der Waals surface area contributed by atoms with Gasteiger partial charge in [-0.2, -0.15) is 4.72 Å². The van der Waals surface area contributed by atoms with Gasteiger partial charge in [-0.25, -0.2) is 13.2 Å². The molecule has 0 aliphatic carbocycles. The highest BCUT2D eigenvalue weighted by molar-refractivity contribution is 7.89. The number of carbonyl (C=O) groups is 2. The van der Waals surface area contributed by atoms with Crippen LogP contribution >= 0.6 is 0 Å². The van der Waals surface area contributed by atoms with Gasteiger partial charge in [-0.15, -0.1) is 0 Å². The van der Waals surface area contributed by atoms with Crippen molar-refractivity contribution in [1.29, 1.82) is 0 Å². The van der Waals surface area contributed by atoms with Gasteiger partial charge in [0.1, 0.15) is 17.9 Å². The predicted molar refractivity (Wildman–Crippen MR) is 66.9 cm³/mol. The van der Waals surface area contributed by atoms with E-state index < -0.39 is 39.8 Å². The molecule has 0 fully saturated rings. The van der Waals surface area contributed by atoms with Gasteiger partial charge >= 0.3 is 11.9 Å². The van der Waals surface area contributed by atoms with Gasteiger partial charge in [0.25, 0.3) is 0 Å². The largest absolute Gasteiger partial charge is 0.507 e. The topological polar surface area (TPSA) is 130 Å². The van der Waals surface area contributed by atoms with Crippen LogP contribution in [0.1, 0.15) is 17.3 Å². The SMILES string of the molecule is CCOC(=O)CNS(=O)(=O)c1ccc(O)c(C(=O)O)c1. The molecule has 0 aromatic heterocycles. The fraction of sp³-hybridized carbons (Fsp3) is 0.273. The van der Waals surface area contributed by atoms with Crippen LogP contribution in [0.15, 0.2) is 23.1 Å². The van der Waals surface area contributed by atoms with Crippen LogP contribution in [0.2, 0.25) is 0 Å². The lowest BCUT2D eigenvalue weighted by Gasteiger charge is -2.08. The van der Waals surface area contributed by atoms with Gasteiger partial charge in [-0.05, 0) is 25.1 Å². The van der Waals surface area contributed by atoms with E-state index in [0.717, 1.165) is 18.2 Å². The molecule has 0 atom stereocenters. The molecule has 0 radical (unpaired) electrons. The third-order valence-corrected chi connectivity index (χ3v) is 3.62. The number of carboxylic acids is 1. The molecule has 3 N–H and O–H groups in total. The van der Waals surface area contributed by atoms with Crippen molar-refractivity contribution in [2.24, 2.45) is 0 Å². The van der Waals surface area contributed by atoms with E-state index in [0.29, 0.717) is 0 Å². The van der Waals surface area contributed by atoms with Crippen LogP contribution in [-0.2, 0) is 19.6 Å². The number of sulfonamides is 1. The summed E-state index contributed by atoms with van der Waals surface area (Å²) in [6, 6.07) is 2.77. The highest BCUT2D eigenvalue weighted by atomic mass is 32.2. The molecule has 1 aromatic carbocycles. The van der Waals surface area contributed by atoms with Crippen LogP contribution < -0.4 is 4.72 Å². The van der Waals surface area contributed by atoms with Gasteiger partial charge in [0.2, 0.25) is 10.0 Å². The Balaban J connectivity index is 2.96. The van der Waals surface area contributed by atoms with Crippen LogP contribution in [0.4, 0.5) is 0 Å². The number of aromatic carboxylic acids is 1. The number of hydrogen-bond donors (Lipinski definition) is 3. The average Bonchev–Trinajstić information content (AvgIpc) is 2.37. The van der Waals surface area contributed by atoms with Crippen molar-refractivity contribution < 1.29 is 33.0 Å². The minimum Gasteiger partial charge on any atom is -0.507 e. The first-order chi connectivity index (χ1) is 9.27. The summed E-state index contributed by atoms with van der Waals surface area (Å²) in [4.78, 5) is 21.5. The molecule has 9 heteroatoms. The second-order valence-electron chi connectivity index (χ2n) is 3.61. The summed E-state index contributed by atoms with van der Waals surface area (Å²) in [5, 5.41) is 18.1. The van der Waals surface area contributed by atoms with E-state index in [-0.39, 0.29) is 11.5 Å². The summed E-state index contributed by atoms with van der Waals surface area (Å²) in [6.07, 6.45) is 0. The maximum Gasteiger partial charge on any atom is 0.339 e. The van der Waals surface area contributed by atoms with Crippen molar-refractivity contribution in [3.63, 3.8) is 0 Å². The number of phenols is 1. The summed E-state index contributed by atoms with van der Waals surface area (Å²) in [7, 11) is -4.07. The van der Waals surface area contributed by atoms with E-state index in [2.05, 4.69) is 4.74 Å². The van der Waals surface area contributed by atoms with E-state index in [4.69, 9.17) is 5.11 Å². The van der Waals surface area contributed by atoms with Crippen LogP contribution in [0, 0.1) is 0 Å². The molecule has 1 rings (SSSR count). The van der Waals surface area contributed by atoms with E-state index in [1.54, 1.807) is 6.92 Å². The van der Waals surface area contributed by atoms with Crippen molar-refractivity contribution in [3.05, 3.63) is 23.8 Å². The first kappa shape index (κ1) is 15.9. The molecular weight excluding hydrogens is 290 g/mol. The molecule has 110 valence electrons. The Bertz CT molecular complexity index is 624. The number of carboxylic acid groups (broad SMARTS) is 1. The highest BCUT2D eigenvalue weighted by Crippen LogP contribution is 2.21. The molecule has 8 nitrogen and oxygen atoms in total. The lowest BCUT2D eigenvalue weighted by atomic mass is 10.2. The van der Waals surface area contributed by atoms with E-state index in [1.165, 1.54) is 0 Å². The molecule has 0 spiro atoms. The predicted octanol–water partition coefficient (Wildman–Crippen LogP) is -0.0682. The zero-order valence-electron chi connectivity index (χ0n) is 10.5. The molecule has 0 heterocycles. The number of nitrogens with one attached hydrogen (secondary N) is 1. The smallest absolute Gasteiger partial charge is 0.339 e. The van der Waals surface area contributed by atoms with E-state index >= 15 is 0 Å². The molecule has 0 aliphatic rings. The molecule has 0 aliphatic heterocycles. The van der Waals surface area contributed by atoms with Gasteiger partial charge in [0, 0.05) is 0 Å².